The summed E-state index contributed by atoms with van der Waals surface area (Å²) >= 11 is 0. The highest BCUT2D eigenvalue weighted by molar-refractivity contribution is 6.15. The Labute approximate surface area is 229 Å². The molecule has 2 aromatic rings. The second-order valence-corrected chi connectivity index (χ2v) is 11.3. The van der Waals surface area contributed by atoms with Crippen LogP contribution < -0.4 is 9.80 Å². The van der Waals surface area contributed by atoms with Crippen LogP contribution in [0.15, 0.2) is 54.6 Å². The lowest BCUT2D eigenvalue weighted by atomic mass is 9.80. The van der Waals surface area contributed by atoms with Crippen LogP contribution in [-0.2, 0) is 20.9 Å². The summed E-state index contributed by atoms with van der Waals surface area (Å²) in [5.74, 6) is -0.676. The predicted molar refractivity (Wildman–Crippen MR) is 148 cm³/mol. The maximum absolute atomic E-state index is 14.3. The maximum Gasteiger partial charge on any atom is 0.333 e. The highest BCUT2D eigenvalue weighted by atomic mass is 16.5. The molecule has 3 aliphatic rings. The smallest absolute Gasteiger partial charge is 0.333 e. The fourth-order valence-electron chi connectivity index (χ4n) is 6.44. The summed E-state index contributed by atoms with van der Waals surface area (Å²) < 4.78 is 5.48. The summed E-state index contributed by atoms with van der Waals surface area (Å²) in [4.78, 5) is 58.4. The number of carbonyl (C=O) groups excluding carboxylic acids is 4. The van der Waals surface area contributed by atoms with Crippen LogP contribution in [0.25, 0.3) is 0 Å². The second-order valence-electron chi connectivity index (χ2n) is 11.3. The number of fused-ring (bicyclic) bond motifs is 1. The Morgan fingerprint density at radius 2 is 1.56 bits per heavy atom. The summed E-state index contributed by atoms with van der Waals surface area (Å²) in [7, 11) is 0. The zero-order chi connectivity index (χ0) is 27.4. The molecule has 0 aromatic heterocycles. The molecule has 2 fully saturated rings. The van der Waals surface area contributed by atoms with Gasteiger partial charge >= 0.3 is 18.0 Å². The third-order valence-corrected chi connectivity index (χ3v) is 8.61. The molecule has 0 spiro atoms. The van der Waals surface area contributed by atoms with E-state index in [1.54, 1.807) is 4.90 Å². The SMILES string of the molecule is CC1(C(C=O)N2C(=O)N(CC(=O)OCc3ccccc3)C(=O)N(C3CCCCC3)c3ccccc32)CCCC1. The third kappa shape index (κ3) is 5.42. The molecule has 206 valence electrons. The van der Waals surface area contributed by atoms with Gasteiger partial charge in [-0.05, 0) is 48.8 Å². The summed E-state index contributed by atoms with van der Waals surface area (Å²) in [6.07, 6.45) is 9.12. The molecular formula is C31H37N3O5. The predicted octanol–water partition coefficient (Wildman–Crippen LogP) is 6.08. The molecular weight excluding hydrogens is 494 g/mol. The fraction of sp³-hybridized carbons (Fsp3) is 0.484. The first-order chi connectivity index (χ1) is 18.9. The number of carbonyl (C=O) groups is 4. The third-order valence-electron chi connectivity index (χ3n) is 8.61. The number of aldehydes is 1. The number of nitrogens with zero attached hydrogens (tertiary/aromatic N) is 3. The molecule has 1 heterocycles. The fourth-order valence-corrected chi connectivity index (χ4v) is 6.44. The molecule has 0 bridgehead atoms. The first-order valence-corrected chi connectivity index (χ1v) is 14.1. The molecule has 1 aliphatic heterocycles. The number of para-hydroxylation sites is 2. The highest BCUT2D eigenvalue weighted by Gasteiger charge is 2.49. The van der Waals surface area contributed by atoms with Gasteiger partial charge in [0.05, 0.1) is 17.4 Å². The molecule has 2 aromatic carbocycles. The molecule has 0 radical (unpaired) electrons. The molecule has 2 aliphatic carbocycles. The van der Waals surface area contributed by atoms with Gasteiger partial charge in [0.25, 0.3) is 0 Å². The average Bonchev–Trinajstić information content (AvgIpc) is 3.38. The molecule has 4 amide bonds. The first-order valence-electron chi connectivity index (χ1n) is 14.1. The van der Waals surface area contributed by atoms with E-state index in [2.05, 4.69) is 0 Å². The molecule has 39 heavy (non-hydrogen) atoms. The van der Waals surface area contributed by atoms with Crippen LogP contribution in [0.2, 0.25) is 0 Å². The van der Waals surface area contributed by atoms with Crippen molar-refractivity contribution < 1.29 is 23.9 Å². The number of ether oxygens (including phenoxy) is 1. The summed E-state index contributed by atoms with van der Waals surface area (Å²) in [5.41, 5.74) is 1.53. The summed E-state index contributed by atoms with van der Waals surface area (Å²) in [5, 5.41) is 0. The van der Waals surface area contributed by atoms with Crippen LogP contribution in [-0.4, -0.2) is 47.8 Å². The molecule has 8 nitrogen and oxygen atoms in total. The van der Waals surface area contributed by atoms with E-state index in [1.165, 1.54) is 4.90 Å². The number of hydrogen-bond donors (Lipinski definition) is 0. The Morgan fingerprint density at radius 1 is 0.923 bits per heavy atom. The number of benzene rings is 2. The number of amides is 4. The van der Waals surface area contributed by atoms with Crippen LogP contribution in [0, 0.1) is 5.41 Å². The maximum atomic E-state index is 14.3. The van der Waals surface area contributed by atoms with Crippen molar-refractivity contribution >= 4 is 35.7 Å². The van der Waals surface area contributed by atoms with Gasteiger partial charge in [-0.1, -0.05) is 81.5 Å². The number of rotatable bonds is 8. The highest BCUT2D eigenvalue weighted by Crippen LogP contribution is 2.46. The van der Waals surface area contributed by atoms with Crippen molar-refractivity contribution in [2.75, 3.05) is 16.3 Å². The van der Waals surface area contributed by atoms with E-state index in [0.717, 1.165) is 74.5 Å². The van der Waals surface area contributed by atoms with Gasteiger partial charge in [-0.2, -0.15) is 0 Å². The quantitative estimate of drug-likeness (QED) is 0.304. The van der Waals surface area contributed by atoms with Gasteiger partial charge < -0.3 is 9.53 Å². The van der Waals surface area contributed by atoms with Crippen molar-refractivity contribution in [2.45, 2.75) is 83.4 Å². The van der Waals surface area contributed by atoms with Crippen molar-refractivity contribution in [1.29, 1.82) is 0 Å². The van der Waals surface area contributed by atoms with Gasteiger partial charge in [-0.25, -0.2) is 14.5 Å². The van der Waals surface area contributed by atoms with Crippen LogP contribution in [0.4, 0.5) is 21.0 Å². The van der Waals surface area contributed by atoms with Crippen LogP contribution in [0.3, 0.4) is 0 Å². The Balaban J connectivity index is 1.53. The summed E-state index contributed by atoms with van der Waals surface area (Å²) in [6.45, 7) is 1.56. The molecule has 2 saturated carbocycles. The Morgan fingerprint density at radius 3 is 2.23 bits per heavy atom. The molecule has 1 unspecified atom stereocenters. The lowest BCUT2D eigenvalue weighted by Crippen LogP contribution is -2.57. The van der Waals surface area contributed by atoms with E-state index in [4.69, 9.17) is 4.74 Å². The van der Waals surface area contributed by atoms with E-state index in [1.807, 2.05) is 61.5 Å². The first kappa shape index (κ1) is 26.9. The average molecular weight is 532 g/mol. The van der Waals surface area contributed by atoms with Crippen molar-refractivity contribution in [1.82, 2.24) is 4.90 Å². The van der Waals surface area contributed by atoms with Gasteiger partial charge in [-0.15, -0.1) is 0 Å². The molecule has 1 atom stereocenters. The minimum Gasteiger partial charge on any atom is -0.459 e. The number of hydrogen-bond acceptors (Lipinski definition) is 5. The van der Waals surface area contributed by atoms with Crippen LogP contribution in [0.1, 0.15) is 70.3 Å². The number of anilines is 2. The largest absolute Gasteiger partial charge is 0.459 e. The normalized spacial score (nSPS) is 20.4. The number of esters is 1. The van der Waals surface area contributed by atoms with E-state index < -0.39 is 36.0 Å². The topological polar surface area (TPSA) is 87.2 Å². The summed E-state index contributed by atoms with van der Waals surface area (Å²) in [6, 6.07) is 14.5. The molecule has 0 saturated heterocycles. The van der Waals surface area contributed by atoms with Gasteiger partial charge in [-0.3, -0.25) is 14.6 Å². The standard InChI is InChI=1S/C31H37N3O5/c1-31(18-10-11-19-31)27(21-35)34-26-17-9-8-16-25(26)33(24-14-6-3-7-15-24)29(37)32(30(34)38)20-28(36)39-22-23-12-4-2-5-13-23/h2,4-5,8-9,12-13,16-17,21,24,27H,3,6-7,10-11,14-15,18-20,22H2,1H3. The monoisotopic (exact) mass is 531 g/mol. The van der Waals surface area contributed by atoms with Crippen LogP contribution in [0.5, 0.6) is 0 Å². The Hall–Kier alpha value is -3.68. The van der Waals surface area contributed by atoms with E-state index in [-0.39, 0.29) is 12.6 Å². The zero-order valence-electron chi connectivity index (χ0n) is 22.6. The van der Waals surface area contributed by atoms with Gasteiger partial charge in [0, 0.05) is 6.04 Å². The van der Waals surface area contributed by atoms with Gasteiger partial charge in [0.1, 0.15) is 19.4 Å². The van der Waals surface area contributed by atoms with E-state index in [0.29, 0.717) is 11.4 Å². The van der Waals surface area contributed by atoms with Gasteiger partial charge in [0.15, 0.2) is 0 Å². The molecule has 8 heteroatoms. The molecule has 5 rings (SSSR count). The minimum atomic E-state index is -0.768. The van der Waals surface area contributed by atoms with Crippen molar-refractivity contribution in [3.63, 3.8) is 0 Å². The van der Waals surface area contributed by atoms with Gasteiger partial charge in [0.2, 0.25) is 0 Å². The van der Waals surface area contributed by atoms with Crippen molar-refractivity contribution in [3.05, 3.63) is 60.2 Å². The number of urea groups is 2. The van der Waals surface area contributed by atoms with E-state index >= 15 is 0 Å². The Bertz CT molecular complexity index is 1200. The minimum absolute atomic E-state index is 0.0429. The lowest BCUT2D eigenvalue weighted by Gasteiger charge is -2.39. The lowest BCUT2D eigenvalue weighted by molar-refractivity contribution is -0.145. The second kappa shape index (κ2) is 11.6. The van der Waals surface area contributed by atoms with Crippen molar-refractivity contribution in [2.24, 2.45) is 5.41 Å². The number of imide groups is 1. The van der Waals surface area contributed by atoms with Crippen molar-refractivity contribution in [3.8, 4) is 0 Å². The molecule has 0 N–H and O–H groups in total. The Kier molecular flexibility index (Phi) is 8.00. The zero-order valence-corrected chi connectivity index (χ0v) is 22.6. The van der Waals surface area contributed by atoms with E-state index in [9.17, 15) is 19.2 Å². The van der Waals surface area contributed by atoms with Crippen LogP contribution >= 0.6 is 0 Å².